The summed E-state index contributed by atoms with van der Waals surface area (Å²) in [5.41, 5.74) is 3.38. The third-order valence-electron chi connectivity index (χ3n) is 7.40. The molecule has 1 aromatic carbocycles. The first-order chi connectivity index (χ1) is 15.5. The molecule has 0 radical (unpaired) electrons. The molecule has 7 heteroatoms. The van der Waals surface area contributed by atoms with Crippen LogP contribution in [-0.4, -0.2) is 44.5 Å². The molecule has 2 aromatic heterocycles. The van der Waals surface area contributed by atoms with Gasteiger partial charge in [-0.3, -0.25) is 4.57 Å². The number of hydrogen-bond acceptors (Lipinski definition) is 5. The Kier molecular flexibility index (Phi) is 5.84. The second-order valence-corrected chi connectivity index (χ2v) is 9.64. The lowest BCUT2D eigenvalue weighted by molar-refractivity contribution is 0.204. The predicted octanol–water partition coefficient (Wildman–Crippen LogP) is 4.96. The van der Waals surface area contributed by atoms with Crippen molar-refractivity contribution in [1.82, 2.24) is 14.6 Å². The highest BCUT2D eigenvalue weighted by Crippen LogP contribution is 2.40. The third-order valence-corrected chi connectivity index (χ3v) is 7.40. The molecule has 0 bridgehead atoms. The van der Waals surface area contributed by atoms with Crippen molar-refractivity contribution >= 4 is 11.0 Å². The number of rotatable bonds is 6. The number of piperidine rings is 1. The minimum absolute atomic E-state index is 0.268. The van der Waals surface area contributed by atoms with Crippen LogP contribution in [-0.2, 0) is 19.4 Å². The normalized spacial score (nSPS) is 20.1. The molecule has 1 fully saturated rings. The van der Waals surface area contributed by atoms with Gasteiger partial charge in [0.15, 0.2) is 17.3 Å². The molecular weight excluding hydrogens is 409 g/mol. The van der Waals surface area contributed by atoms with Crippen molar-refractivity contribution in [2.45, 2.75) is 64.3 Å². The van der Waals surface area contributed by atoms with Crippen molar-refractivity contribution in [3.8, 4) is 11.8 Å². The van der Waals surface area contributed by atoms with E-state index in [2.05, 4.69) is 17.0 Å². The first-order valence-corrected chi connectivity index (χ1v) is 11.9. The van der Waals surface area contributed by atoms with Gasteiger partial charge in [0.2, 0.25) is 0 Å². The van der Waals surface area contributed by atoms with Crippen LogP contribution in [0.1, 0.15) is 61.8 Å². The number of benzene rings is 1. The van der Waals surface area contributed by atoms with Gasteiger partial charge in [-0.15, -0.1) is 0 Å². The number of fused-ring (bicyclic) bond motifs is 2. The Balaban J connectivity index is 1.11. The molecule has 32 heavy (non-hydrogen) atoms. The highest BCUT2D eigenvalue weighted by Gasteiger charge is 2.27. The molecule has 1 aliphatic carbocycles. The molecule has 172 valence electrons. The van der Waals surface area contributed by atoms with E-state index in [9.17, 15) is 14.6 Å². The summed E-state index contributed by atoms with van der Waals surface area (Å²) in [6.07, 6.45) is 6.76. The summed E-state index contributed by atoms with van der Waals surface area (Å²) in [5.74, 6) is 1.14. The van der Waals surface area contributed by atoms with Crippen LogP contribution in [0.2, 0.25) is 0 Å². The first-order valence-electron chi connectivity index (χ1n) is 11.9. The van der Waals surface area contributed by atoms with Crippen LogP contribution < -0.4 is 0 Å². The van der Waals surface area contributed by atoms with E-state index in [-0.39, 0.29) is 17.6 Å². The fourth-order valence-electron chi connectivity index (χ4n) is 5.49. The number of aromatic hydroxyl groups is 2. The quantitative estimate of drug-likeness (QED) is 0.529. The van der Waals surface area contributed by atoms with Crippen molar-refractivity contribution < 1.29 is 19.1 Å². The van der Waals surface area contributed by atoms with Crippen molar-refractivity contribution in [2.24, 2.45) is 5.92 Å². The molecular formula is C25H32FN3O3. The first kappa shape index (κ1) is 21.3. The van der Waals surface area contributed by atoms with Gasteiger partial charge in [-0.2, -0.15) is 0 Å². The molecule has 6 nitrogen and oxygen atoms in total. The Hall–Kier alpha value is -2.54. The van der Waals surface area contributed by atoms with Gasteiger partial charge in [-0.25, -0.2) is 4.39 Å². The maximum atomic E-state index is 13.4. The minimum atomic E-state index is -0.300. The van der Waals surface area contributed by atoms with E-state index in [1.165, 1.54) is 12.1 Å². The molecule has 0 amide bonds. The summed E-state index contributed by atoms with van der Waals surface area (Å²) in [6, 6.07) is 4.64. The van der Waals surface area contributed by atoms with E-state index in [1.54, 1.807) is 10.6 Å². The number of hydrogen-bond donors (Lipinski definition) is 2. The Morgan fingerprint density at radius 3 is 2.62 bits per heavy atom. The smallest absolute Gasteiger partial charge is 0.197 e. The number of nitrogens with zero attached hydrogens (tertiary/aromatic N) is 3. The monoisotopic (exact) mass is 441 g/mol. The van der Waals surface area contributed by atoms with Crippen molar-refractivity contribution in [3.63, 3.8) is 0 Å². The maximum Gasteiger partial charge on any atom is 0.197 e. The molecule has 2 N–H and O–H groups in total. The zero-order valence-corrected chi connectivity index (χ0v) is 18.7. The second-order valence-electron chi connectivity index (χ2n) is 9.64. The van der Waals surface area contributed by atoms with E-state index in [4.69, 9.17) is 4.52 Å². The van der Waals surface area contributed by atoms with E-state index >= 15 is 0 Å². The van der Waals surface area contributed by atoms with Crippen LogP contribution in [0.15, 0.2) is 22.7 Å². The fourth-order valence-corrected chi connectivity index (χ4v) is 5.49. The second kappa shape index (κ2) is 8.77. The van der Waals surface area contributed by atoms with Crippen LogP contribution in [0.25, 0.3) is 11.0 Å². The molecule has 1 atom stereocenters. The average Bonchev–Trinajstić information content (AvgIpc) is 3.30. The Morgan fingerprint density at radius 1 is 1.06 bits per heavy atom. The van der Waals surface area contributed by atoms with Crippen molar-refractivity contribution in [3.05, 3.63) is 40.8 Å². The van der Waals surface area contributed by atoms with E-state index < -0.39 is 0 Å². The standard InChI is InChI=1S/C25H32FN3O3/c1-16-4-6-19-21(14-16)25(31)29(24(19)30)11-3-2-10-28-12-8-17(9-13-28)23-20-7-5-18(26)15-22(20)32-27-23/h5,7,15-17,30-31H,2-4,6,8-14H2,1H3. The van der Waals surface area contributed by atoms with Gasteiger partial charge in [-0.1, -0.05) is 12.1 Å². The Bertz CT molecular complexity index is 1100. The van der Waals surface area contributed by atoms with E-state index in [1.807, 2.05) is 0 Å². The lowest BCUT2D eigenvalue weighted by Crippen LogP contribution is -2.33. The average molecular weight is 442 g/mol. The zero-order chi connectivity index (χ0) is 22.2. The highest BCUT2D eigenvalue weighted by atomic mass is 19.1. The Morgan fingerprint density at radius 2 is 1.81 bits per heavy atom. The highest BCUT2D eigenvalue weighted by molar-refractivity contribution is 5.79. The summed E-state index contributed by atoms with van der Waals surface area (Å²) in [6.45, 7) is 5.87. The van der Waals surface area contributed by atoms with Gasteiger partial charge in [0.1, 0.15) is 5.82 Å². The van der Waals surface area contributed by atoms with Gasteiger partial charge in [-0.05, 0) is 82.6 Å². The van der Waals surface area contributed by atoms with Crippen LogP contribution in [0.4, 0.5) is 4.39 Å². The molecule has 3 aromatic rings. The van der Waals surface area contributed by atoms with E-state index in [0.29, 0.717) is 24.0 Å². The largest absolute Gasteiger partial charge is 0.494 e. The SMILES string of the molecule is CC1CCc2c(c(O)n(CCCCN3CCC(c4noc5cc(F)ccc45)CC3)c2O)C1. The number of halogens is 1. The van der Waals surface area contributed by atoms with Crippen LogP contribution >= 0.6 is 0 Å². The summed E-state index contributed by atoms with van der Waals surface area (Å²) in [4.78, 5) is 2.47. The van der Waals surface area contributed by atoms with Crippen LogP contribution in [0.3, 0.4) is 0 Å². The molecule has 1 aliphatic heterocycles. The minimum Gasteiger partial charge on any atom is -0.494 e. The molecule has 2 aliphatic rings. The number of aromatic nitrogens is 2. The predicted molar refractivity (Wildman–Crippen MR) is 121 cm³/mol. The number of likely N-dealkylation sites (tertiary alicyclic amines) is 1. The molecule has 1 unspecified atom stereocenters. The zero-order valence-electron chi connectivity index (χ0n) is 18.7. The lowest BCUT2D eigenvalue weighted by Gasteiger charge is -2.31. The van der Waals surface area contributed by atoms with Gasteiger partial charge in [0.25, 0.3) is 0 Å². The maximum absolute atomic E-state index is 13.4. The van der Waals surface area contributed by atoms with Crippen LogP contribution in [0, 0.1) is 11.7 Å². The van der Waals surface area contributed by atoms with Crippen molar-refractivity contribution in [2.75, 3.05) is 19.6 Å². The van der Waals surface area contributed by atoms with Gasteiger partial charge in [0, 0.05) is 35.0 Å². The Labute approximate surface area is 187 Å². The summed E-state index contributed by atoms with van der Waals surface area (Å²) in [7, 11) is 0. The van der Waals surface area contributed by atoms with Gasteiger partial charge >= 0.3 is 0 Å². The molecule has 0 saturated carbocycles. The molecule has 1 saturated heterocycles. The number of unbranched alkanes of at least 4 members (excludes halogenated alkanes) is 1. The lowest BCUT2D eigenvalue weighted by atomic mass is 9.87. The summed E-state index contributed by atoms with van der Waals surface area (Å²) in [5, 5.41) is 26.3. The summed E-state index contributed by atoms with van der Waals surface area (Å²) >= 11 is 0. The molecule has 0 spiro atoms. The molecule has 5 rings (SSSR count). The topological polar surface area (TPSA) is 74.7 Å². The van der Waals surface area contributed by atoms with Gasteiger partial charge < -0.3 is 19.6 Å². The fraction of sp³-hybridized carbons (Fsp3) is 0.560. The van der Waals surface area contributed by atoms with Crippen molar-refractivity contribution in [1.29, 1.82) is 0 Å². The third kappa shape index (κ3) is 3.98. The van der Waals surface area contributed by atoms with Crippen LogP contribution in [0.5, 0.6) is 11.8 Å². The summed E-state index contributed by atoms with van der Waals surface area (Å²) < 4.78 is 20.4. The molecule has 3 heterocycles. The van der Waals surface area contributed by atoms with E-state index in [0.717, 1.165) is 86.8 Å². The van der Waals surface area contributed by atoms with Gasteiger partial charge in [0.05, 0.1) is 5.69 Å².